The summed E-state index contributed by atoms with van der Waals surface area (Å²) in [5, 5.41) is 3.56. The van der Waals surface area contributed by atoms with Crippen LogP contribution in [-0.4, -0.2) is 39.4 Å². The lowest BCUT2D eigenvalue weighted by Crippen LogP contribution is -2.40. The molecule has 0 aromatic heterocycles. The monoisotopic (exact) mass is 416 g/mol. The second-order valence-electron chi connectivity index (χ2n) is 4.96. The maximum absolute atomic E-state index is 12.6. The minimum absolute atomic E-state index is 0. The van der Waals surface area contributed by atoms with Crippen LogP contribution in [0.25, 0.3) is 0 Å². The number of hydrogen-bond acceptors (Lipinski definition) is 3. The molecular formula is C13H19BrCl2N2O2S. The quantitative estimate of drug-likeness (QED) is 0.818. The molecule has 0 radical (unpaired) electrons. The molecule has 0 aliphatic carbocycles. The predicted octanol–water partition coefficient (Wildman–Crippen LogP) is 3.14. The summed E-state index contributed by atoms with van der Waals surface area (Å²) in [6.45, 7) is 2.07. The third-order valence-corrected chi connectivity index (χ3v) is 7.20. The van der Waals surface area contributed by atoms with E-state index in [4.69, 9.17) is 11.6 Å². The highest BCUT2D eigenvalue weighted by Gasteiger charge is 2.30. The Kier molecular flexibility index (Phi) is 7.43. The summed E-state index contributed by atoms with van der Waals surface area (Å²) < 4.78 is 27.3. The largest absolute Gasteiger partial charge is 0.319 e. The molecule has 0 unspecified atom stereocenters. The third kappa shape index (κ3) is 4.33. The van der Waals surface area contributed by atoms with Gasteiger partial charge in [0.05, 0.1) is 14.4 Å². The molecular weight excluding hydrogens is 399 g/mol. The summed E-state index contributed by atoms with van der Waals surface area (Å²) in [5.41, 5.74) is 0. The van der Waals surface area contributed by atoms with Crippen LogP contribution in [0.1, 0.15) is 12.8 Å². The molecule has 1 N–H and O–H groups in total. The van der Waals surface area contributed by atoms with Gasteiger partial charge in [0.1, 0.15) is 0 Å². The molecule has 120 valence electrons. The van der Waals surface area contributed by atoms with E-state index in [0.717, 1.165) is 19.4 Å². The normalized spacial score (nSPS) is 17.5. The molecule has 0 saturated carbocycles. The fraction of sp³-hybridized carbons (Fsp3) is 0.538. The van der Waals surface area contributed by atoms with Gasteiger partial charge in [-0.3, -0.25) is 0 Å². The summed E-state index contributed by atoms with van der Waals surface area (Å²) in [6.07, 6.45) is 1.77. The molecule has 2 rings (SSSR count). The van der Waals surface area contributed by atoms with Gasteiger partial charge in [0.25, 0.3) is 0 Å². The SMILES string of the molecule is CNCC1CCN(S(=O)(=O)c2cccc(Cl)c2Br)CC1.Cl. The number of hydrogen-bond donors (Lipinski definition) is 1. The Labute approximate surface area is 145 Å². The van der Waals surface area contributed by atoms with Crippen molar-refractivity contribution in [2.75, 3.05) is 26.7 Å². The highest BCUT2D eigenvalue weighted by atomic mass is 79.9. The topological polar surface area (TPSA) is 49.4 Å². The Bertz CT molecular complexity index is 576. The molecule has 1 heterocycles. The lowest BCUT2D eigenvalue weighted by Gasteiger charge is -2.31. The van der Waals surface area contributed by atoms with Crippen LogP contribution in [0.2, 0.25) is 5.02 Å². The zero-order valence-corrected chi connectivity index (χ0v) is 15.7. The Balaban J connectivity index is 0.00000220. The minimum Gasteiger partial charge on any atom is -0.319 e. The van der Waals surface area contributed by atoms with Crippen molar-refractivity contribution in [2.45, 2.75) is 17.7 Å². The van der Waals surface area contributed by atoms with Gasteiger partial charge >= 0.3 is 0 Å². The lowest BCUT2D eigenvalue weighted by atomic mass is 9.98. The van der Waals surface area contributed by atoms with Crippen molar-refractivity contribution in [1.82, 2.24) is 9.62 Å². The summed E-state index contributed by atoms with van der Waals surface area (Å²) in [7, 11) is -1.55. The molecule has 1 saturated heterocycles. The Morgan fingerprint density at radius 1 is 1.38 bits per heavy atom. The van der Waals surface area contributed by atoms with Gasteiger partial charge in [-0.1, -0.05) is 17.7 Å². The minimum atomic E-state index is -3.47. The van der Waals surface area contributed by atoms with E-state index in [-0.39, 0.29) is 17.3 Å². The van der Waals surface area contributed by atoms with Crippen molar-refractivity contribution >= 4 is 50.0 Å². The molecule has 0 spiro atoms. The molecule has 1 aromatic carbocycles. The first-order valence-corrected chi connectivity index (χ1v) is 9.16. The van der Waals surface area contributed by atoms with Gasteiger partial charge in [0.15, 0.2) is 0 Å². The van der Waals surface area contributed by atoms with Gasteiger partial charge in [-0.2, -0.15) is 4.31 Å². The molecule has 1 aromatic rings. The fourth-order valence-electron chi connectivity index (χ4n) is 2.46. The molecule has 1 aliphatic rings. The van der Waals surface area contributed by atoms with Gasteiger partial charge in [0.2, 0.25) is 10.0 Å². The van der Waals surface area contributed by atoms with Crippen molar-refractivity contribution in [3.63, 3.8) is 0 Å². The summed E-state index contributed by atoms with van der Waals surface area (Å²) in [6, 6.07) is 4.92. The highest BCUT2D eigenvalue weighted by molar-refractivity contribution is 9.10. The molecule has 1 fully saturated rings. The first-order valence-electron chi connectivity index (χ1n) is 6.55. The Morgan fingerprint density at radius 2 is 2.00 bits per heavy atom. The van der Waals surface area contributed by atoms with Crippen LogP contribution >= 0.6 is 39.9 Å². The summed E-state index contributed by atoms with van der Waals surface area (Å²) in [4.78, 5) is 0.247. The van der Waals surface area contributed by atoms with E-state index in [1.54, 1.807) is 22.5 Å². The van der Waals surface area contributed by atoms with E-state index < -0.39 is 10.0 Å². The molecule has 0 amide bonds. The number of benzene rings is 1. The van der Waals surface area contributed by atoms with E-state index >= 15 is 0 Å². The number of rotatable bonds is 4. The zero-order valence-electron chi connectivity index (χ0n) is 11.7. The van der Waals surface area contributed by atoms with Crippen LogP contribution in [0.5, 0.6) is 0 Å². The molecule has 4 nitrogen and oxygen atoms in total. The predicted molar refractivity (Wildman–Crippen MR) is 91.8 cm³/mol. The van der Waals surface area contributed by atoms with E-state index in [1.807, 2.05) is 7.05 Å². The average Bonchev–Trinajstić information content (AvgIpc) is 2.42. The second kappa shape index (κ2) is 8.13. The highest BCUT2D eigenvalue weighted by Crippen LogP contribution is 2.32. The molecule has 0 atom stereocenters. The number of sulfonamides is 1. The number of nitrogens with zero attached hydrogens (tertiary/aromatic N) is 1. The second-order valence-corrected chi connectivity index (χ2v) is 8.06. The van der Waals surface area contributed by atoms with E-state index in [9.17, 15) is 8.42 Å². The third-order valence-electron chi connectivity index (χ3n) is 3.60. The van der Waals surface area contributed by atoms with Crippen molar-refractivity contribution in [2.24, 2.45) is 5.92 Å². The maximum atomic E-state index is 12.6. The van der Waals surface area contributed by atoms with Gasteiger partial charge in [-0.15, -0.1) is 12.4 Å². The van der Waals surface area contributed by atoms with E-state index in [2.05, 4.69) is 21.2 Å². The first-order chi connectivity index (χ1) is 9.46. The molecule has 8 heteroatoms. The summed E-state index contributed by atoms with van der Waals surface area (Å²) in [5.74, 6) is 0.550. The lowest BCUT2D eigenvalue weighted by molar-refractivity contribution is 0.270. The van der Waals surface area contributed by atoms with Gasteiger partial charge in [0, 0.05) is 13.1 Å². The Hall–Kier alpha value is 0.150. The zero-order chi connectivity index (χ0) is 14.8. The first kappa shape index (κ1) is 19.2. The smallest absolute Gasteiger partial charge is 0.244 e. The van der Waals surface area contributed by atoms with Crippen LogP contribution in [0.15, 0.2) is 27.6 Å². The molecule has 21 heavy (non-hydrogen) atoms. The van der Waals surface area contributed by atoms with Crippen molar-refractivity contribution < 1.29 is 8.42 Å². The van der Waals surface area contributed by atoms with Crippen molar-refractivity contribution in [3.05, 3.63) is 27.7 Å². The molecule has 1 aliphatic heterocycles. The number of piperidine rings is 1. The van der Waals surface area contributed by atoms with Gasteiger partial charge in [-0.25, -0.2) is 8.42 Å². The Morgan fingerprint density at radius 3 is 2.57 bits per heavy atom. The van der Waals surface area contributed by atoms with E-state index in [0.29, 0.717) is 28.5 Å². The van der Waals surface area contributed by atoms with Gasteiger partial charge in [-0.05, 0) is 60.4 Å². The van der Waals surface area contributed by atoms with Crippen LogP contribution in [-0.2, 0) is 10.0 Å². The van der Waals surface area contributed by atoms with Crippen LogP contribution in [0.4, 0.5) is 0 Å². The van der Waals surface area contributed by atoms with Crippen molar-refractivity contribution in [3.8, 4) is 0 Å². The molecule has 0 bridgehead atoms. The fourth-order valence-corrected chi connectivity index (χ4v) is 5.13. The van der Waals surface area contributed by atoms with Crippen LogP contribution in [0, 0.1) is 5.92 Å². The van der Waals surface area contributed by atoms with Crippen molar-refractivity contribution in [1.29, 1.82) is 0 Å². The number of halogens is 3. The average molecular weight is 418 g/mol. The van der Waals surface area contributed by atoms with Crippen LogP contribution in [0.3, 0.4) is 0 Å². The van der Waals surface area contributed by atoms with Gasteiger partial charge < -0.3 is 5.32 Å². The number of nitrogens with one attached hydrogen (secondary N) is 1. The maximum Gasteiger partial charge on any atom is 0.244 e. The van der Waals surface area contributed by atoms with E-state index in [1.165, 1.54) is 0 Å². The summed E-state index contributed by atoms with van der Waals surface area (Å²) >= 11 is 9.26. The van der Waals surface area contributed by atoms with Crippen LogP contribution < -0.4 is 5.32 Å². The standard InChI is InChI=1S/C13H18BrClN2O2S.ClH/c1-16-9-10-5-7-17(8-6-10)20(18,19)12-4-2-3-11(15)13(12)14;/h2-4,10,16H,5-9H2,1H3;1H.